The third-order valence-corrected chi connectivity index (χ3v) is 2.51. The first-order valence-electron chi connectivity index (χ1n) is 6.00. The summed E-state index contributed by atoms with van der Waals surface area (Å²) in [6.07, 6.45) is 5.09. The zero-order valence-electron chi connectivity index (χ0n) is 11.0. The van der Waals surface area contributed by atoms with Gasteiger partial charge < -0.3 is 5.32 Å². The highest BCUT2D eigenvalue weighted by Gasteiger charge is 2.06. The van der Waals surface area contributed by atoms with Crippen molar-refractivity contribution in [3.63, 3.8) is 0 Å². The van der Waals surface area contributed by atoms with Crippen molar-refractivity contribution < 1.29 is 4.79 Å². The van der Waals surface area contributed by atoms with E-state index in [0.29, 0.717) is 18.1 Å². The van der Waals surface area contributed by atoms with Crippen molar-refractivity contribution in [3.8, 4) is 18.0 Å². The van der Waals surface area contributed by atoms with Gasteiger partial charge in [0, 0.05) is 5.69 Å². The van der Waals surface area contributed by atoms with Gasteiger partial charge in [-0.1, -0.05) is 12.0 Å². The Morgan fingerprint density at radius 2 is 2.35 bits per heavy atom. The lowest BCUT2D eigenvalue weighted by Gasteiger charge is -2.07. The predicted octanol–water partition coefficient (Wildman–Crippen LogP) is 0.132. The molecule has 1 aromatic carbocycles. The minimum Gasteiger partial charge on any atom is -0.325 e. The zero-order chi connectivity index (χ0) is 14.4. The molecule has 0 aliphatic heterocycles. The first-order chi connectivity index (χ1) is 9.70. The maximum atomic E-state index is 11.7. The number of aromatic nitrogens is 4. The largest absolute Gasteiger partial charge is 0.325 e. The second kappa shape index (κ2) is 6.45. The molecular weight excluding hydrogens is 256 g/mol. The average molecular weight is 270 g/mol. The Morgan fingerprint density at radius 3 is 3.05 bits per heavy atom. The molecule has 2 rings (SSSR count). The number of benzene rings is 1. The normalized spacial score (nSPS) is 10.0. The van der Waals surface area contributed by atoms with Crippen LogP contribution >= 0.6 is 0 Å². The number of amides is 1. The van der Waals surface area contributed by atoms with Crippen molar-refractivity contribution in [2.45, 2.75) is 6.92 Å². The summed E-state index contributed by atoms with van der Waals surface area (Å²) >= 11 is 0. The van der Waals surface area contributed by atoms with E-state index in [1.165, 1.54) is 0 Å². The number of tetrazole rings is 1. The lowest BCUT2D eigenvalue weighted by molar-refractivity contribution is -0.115. The number of nitrogens with one attached hydrogen (secondary N) is 2. The highest BCUT2D eigenvalue weighted by molar-refractivity contribution is 5.92. The summed E-state index contributed by atoms with van der Waals surface area (Å²) in [5.41, 5.74) is 1.45. The van der Waals surface area contributed by atoms with E-state index >= 15 is 0 Å². The van der Waals surface area contributed by atoms with E-state index in [1.807, 2.05) is 12.1 Å². The van der Waals surface area contributed by atoms with Crippen LogP contribution in [0, 0.1) is 19.3 Å². The van der Waals surface area contributed by atoms with Crippen LogP contribution in [0.3, 0.4) is 0 Å². The number of rotatable bonds is 5. The van der Waals surface area contributed by atoms with Gasteiger partial charge in [-0.25, -0.2) is 0 Å². The molecule has 0 saturated carbocycles. The van der Waals surface area contributed by atoms with Crippen LogP contribution in [0.15, 0.2) is 24.3 Å². The minimum absolute atomic E-state index is 0.161. The van der Waals surface area contributed by atoms with Crippen molar-refractivity contribution in [1.29, 1.82) is 0 Å². The molecule has 102 valence electrons. The van der Waals surface area contributed by atoms with Gasteiger partial charge in [0.1, 0.15) is 0 Å². The molecule has 20 heavy (non-hydrogen) atoms. The Kier molecular flexibility index (Phi) is 4.42. The fourth-order valence-corrected chi connectivity index (χ4v) is 1.64. The fraction of sp³-hybridized carbons (Fsp3) is 0.231. The number of nitrogens with zero attached hydrogens (tertiary/aromatic N) is 4. The minimum atomic E-state index is -0.161. The number of terminal acetylenes is 1. The molecule has 2 N–H and O–H groups in total. The van der Waals surface area contributed by atoms with Gasteiger partial charge in [-0.15, -0.1) is 11.5 Å². The molecule has 0 saturated heterocycles. The molecule has 7 heteroatoms. The Labute approximate surface area is 116 Å². The lowest BCUT2D eigenvalue weighted by Crippen LogP contribution is -2.28. The molecule has 0 fully saturated rings. The molecule has 0 aliphatic carbocycles. The van der Waals surface area contributed by atoms with Crippen molar-refractivity contribution in [3.05, 3.63) is 30.1 Å². The first kappa shape index (κ1) is 13.7. The Morgan fingerprint density at radius 1 is 1.50 bits per heavy atom. The van der Waals surface area contributed by atoms with Crippen LogP contribution in [-0.4, -0.2) is 39.2 Å². The van der Waals surface area contributed by atoms with Crippen LogP contribution in [0.25, 0.3) is 5.69 Å². The molecule has 0 aliphatic rings. The number of hydrogen-bond acceptors (Lipinski definition) is 5. The highest BCUT2D eigenvalue weighted by Crippen LogP contribution is 2.14. The maximum Gasteiger partial charge on any atom is 0.238 e. The van der Waals surface area contributed by atoms with E-state index in [1.54, 1.807) is 23.7 Å². The van der Waals surface area contributed by atoms with Gasteiger partial charge in [0.15, 0.2) is 5.82 Å². The van der Waals surface area contributed by atoms with Crippen molar-refractivity contribution in [1.82, 2.24) is 25.5 Å². The molecule has 1 amide bonds. The Bertz CT molecular complexity index is 642. The molecule has 0 bridgehead atoms. The highest BCUT2D eigenvalue weighted by atomic mass is 16.1. The van der Waals surface area contributed by atoms with Crippen LogP contribution in [0.4, 0.5) is 5.69 Å². The maximum absolute atomic E-state index is 11.7. The molecule has 1 aromatic heterocycles. The number of hydrogen-bond donors (Lipinski definition) is 2. The molecule has 2 aromatic rings. The summed E-state index contributed by atoms with van der Waals surface area (Å²) in [6.45, 7) is 2.32. The van der Waals surface area contributed by atoms with Gasteiger partial charge in [0.05, 0.1) is 18.8 Å². The van der Waals surface area contributed by atoms with Crippen LogP contribution < -0.4 is 10.6 Å². The standard InChI is InChI=1S/C13H14N6O/c1-3-7-14-9-13(20)15-11-5-4-6-12(8-11)19-10(2)16-17-18-19/h1,4-6,8,14H,7,9H2,2H3,(H,15,20). The van der Waals surface area contributed by atoms with Crippen LogP contribution in [-0.2, 0) is 4.79 Å². The van der Waals surface area contributed by atoms with Crippen molar-refractivity contribution >= 4 is 11.6 Å². The van der Waals surface area contributed by atoms with Crippen molar-refractivity contribution in [2.24, 2.45) is 0 Å². The quantitative estimate of drug-likeness (QED) is 0.596. The summed E-state index contributed by atoms with van der Waals surface area (Å²) in [7, 11) is 0. The third kappa shape index (κ3) is 3.40. The summed E-state index contributed by atoms with van der Waals surface area (Å²) in [4.78, 5) is 11.7. The Hall–Kier alpha value is -2.72. The topological polar surface area (TPSA) is 84.7 Å². The molecule has 0 radical (unpaired) electrons. The van der Waals surface area contributed by atoms with E-state index in [9.17, 15) is 4.79 Å². The second-order valence-electron chi connectivity index (χ2n) is 4.04. The SMILES string of the molecule is C#CCNCC(=O)Nc1cccc(-n2nnnc2C)c1. The number of carbonyl (C=O) groups is 1. The molecule has 0 atom stereocenters. The average Bonchev–Trinajstić information content (AvgIpc) is 2.85. The van der Waals surface area contributed by atoms with E-state index in [4.69, 9.17) is 6.42 Å². The van der Waals surface area contributed by atoms with Gasteiger partial charge in [-0.2, -0.15) is 4.68 Å². The zero-order valence-corrected chi connectivity index (χ0v) is 11.0. The molecule has 0 spiro atoms. The number of aryl methyl sites for hydroxylation is 1. The summed E-state index contributed by atoms with van der Waals surface area (Å²) in [5.74, 6) is 2.91. The number of anilines is 1. The van der Waals surface area contributed by atoms with E-state index < -0.39 is 0 Å². The van der Waals surface area contributed by atoms with Gasteiger partial charge >= 0.3 is 0 Å². The lowest BCUT2D eigenvalue weighted by atomic mass is 10.2. The number of carbonyl (C=O) groups excluding carboxylic acids is 1. The second-order valence-corrected chi connectivity index (χ2v) is 4.04. The van der Waals surface area contributed by atoms with E-state index in [0.717, 1.165) is 5.69 Å². The van der Waals surface area contributed by atoms with Crippen molar-refractivity contribution in [2.75, 3.05) is 18.4 Å². The molecule has 0 unspecified atom stereocenters. The molecular formula is C13H14N6O. The van der Waals surface area contributed by atoms with Gasteiger partial charge in [0.25, 0.3) is 0 Å². The van der Waals surface area contributed by atoms with E-state index in [-0.39, 0.29) is 12.5 Å². The predicted molar refractivity (Wildman–Crippen MR) is 74.2 cm³/mol. The monoisotopic (exact) mass is 270 g/mol. The van der Waals surface area contributed by atoms with Crippen LogP contribution in [0.5, 0.6) is 0 Å². The smallest absolute Gasteiger partial charge is 0.238 e. The van der Waals surface area contributed by atoms with Crippen LogP contribution in [0.2, 0.25) is 0 Å². The summed E-state index contributed by atoms with van der Waals surface area (Å²) in [5, 5.41) is 16.9. The first-order valence-corrected chi connectivity index (χ1v) is 6.00. The third-order valence-electron chi connectivity index (χ3n) is 2.51. The summed E-state index contributed by atoms with van der Waals surface area (Å²) < 4.78 is 1.59. The van der Waals surface area contributed by atoms with Gasteiger partial charge in [0.2, 0.25) is 5.91 Å². The van der Waals surface area contributed by atoms with Gasteiger partial charge in [-0.3, -0.25) is 10.1 Å². The van der Waals surface area contributed by atoms with Crippen LogP contribution in [0.1, 0.15) is 5.82 Å². The fourth-order valence-electron chi connectivity index (χ4n) is 1.64. The Balaban J connectivity index is 2.05. The summed E-state index contributed by atoms with van der Waals surface area (Å²) in [6, 6.07) is 7.27. The van der Waals surface area contributed by atoms with E-state index in [2.05, 4.69) is 32.1 Å². The van der Waals surface area contributed by atoms with Gasteiger partial charge in [-0.05, 0) is 35.5 Å². The molecule has 7 nitrogen and oxygen atoms in total. The molecule has 1 heterocycles.